The van der Waals surface area contributed by atoms with E-state index in [2.05, 4.69) is 15.2 Å². The number of hydrogen-bond donors (Lipinski definition) is 1. The number of amides is 1. The summed E-state index contributed by atoms with van der Waals surface area (Å²) < 4.78 is 16.4. The third kappa shape index (κ3) is 3.80. The molecule has 126 valence electrons. The fourth-order valence-corrected chi connectivity index (χ4v) is 2.99. The molecule has 0 aliphatic carbocycles. The first-order valence-electron chi connectivity index (χ1n) is 7.98. The molecule has 1 N–H and O–H groups in total. The summed E-state index contributed by atoms with van der Waals surface area (Å²) in [5.74, 6) is -0.566. The van der Waals surface area contributed by atoms with E-state index in [4.69, 9.17) is 14.2 Å². The molecule has 0 unspecified atom stereocenters. The van der Waals surface area contributed by atoms with Crippen molar-refractivity contribution in [2.45, 2.75) is 18.6 Å². The van der Waals surface area contributed by atoms with Crippen LogP contribution >= 0.6 is 0 Å². The van der Waals surface area contributed by atoms with Gasteiger partial charge in [-0.1, -0.05) is 0 Å². The fourth-order valence-electron chi connectivity index (χ4n) is 2.99. The molecule has 1 aromatic rings. The van der Waals surface area contributed by atoms with Crippen LogP contribution in [-0.2, 0) is 14.2 Å². The van der Waals surface area contributed by atoms with Gasteiger partial charge < -0.3 is 24.4 Å². The molecule has 0 radical (unpaired) electrons. The second-order valence-electron chi connectivity index (χ2n) is 5.74. The van der Waals surface area contributed by atoms with Gasteiger partial charge in [0.15, 0.2) is 5.79 Å². The smallest absolute Gasteiger partial charge is 0.270 e. The van der Waals surface area contributed by atoms with Crippen LogP contribution in [0, 0.1) is 0 Å². The maximum absolute atomic E-state index is 12.1. The second kappa shape index (κ2) is 7.25. The van der Waals surface area contributed by atoms with Gasteiger partial charge in [0, 0.05) is 51.5 Å². The molecule has 1 amide bonds. The lowest BCUT2D eigenvalue weighted by Gasteiger charge is -2.38. The Hall–Kier alpha value is -1.70. The van der Waals surface area contributed by atoms with Crippen molar-refractivity contribution in [1.29, 1.82) is 0 Å². The van der Waals surface area contributed by atoms with Crippen LogP contribution in [-0.4, -0.2) is 63.2 Å². The van der Waals surface area contributed by atoms with Crippen LogP contribution in [0.4, 0.5) is 5.69 Å². The molecular formula is C16H23N3O4. The molecule has 7 nitrogen and oxygen atoms in total. The topological polar surface area (TPSA) is 72.9 Å². The lowest BCUT2D eigenvalue weighted by molar-refractivity contribution is -0.169. The van der Waals surface area contributed by atoms with Gasteiger partial charge in [-0.15, -0.1) is 0 Å². The number of hydrogen-bond acceptors (Lipinski definition) is 6. The number of carbonyl (C=O) groups is 1. The predicted octanol–water partition coefficient (Wildman–Crippen LogP) is 0.801. The summed E-state index contributed by atoms with van der Waals surface area (Å²) in [6.45, 7) is 4.01. The number of methoxy groups -OCH3 is 1. The van der Waals surface area contributed by atoms with Gasteiger partial charge in [0.2, 0.25) is 0 Å². The molecule has 23 heavy (non-hydrogen) atoms. The number of carbonyl (C=O) groups excluding carboxylic acids is 1. The molecule has 3 rings (SSSR count). The Bertz CT molecular complexity index is 536. The minimum atomic E-state index is -0.385. The zero-order valence-electron chi connectivity index (χ0n) is 13.4. The number of rotatable bonds is 5. The third-order valence-corrected chi connectivity index (χ3v) is 4.27. The summed E-state index contributed by atoms with van der Waals surface area (Å²) in [5.41, 5.74) is 1.43. The minimum absolute atomic E-state index is 0.181. The van der Waals surface area contributed by atoms with E-state index in [1.165, 1.54) is 0 Å². The Balaban J connectivity index is 1.60. The first-order valence-corrected chi connectivity index (χ1v) is 7.98. The van der Waals surface area contributed by atoms with Gasteiger partial charge in [-0.05, 0) is 12.1 Å². The summed E-state index contributed by atoms with van der Waals surface area (Å²) in [4.78, 5) is 18.5. The monoisotopic (exact) mass is 321 g/mol. The molecule has 2 aliphatic rings. The standard InChI is InChI=1S/C16H23N3O4/c1-21-9-6-18-15(20)14-12-13(2-5-17-14)19-7-3-16(4-8-19)22-10-11-23-16/h2,5,12H,3-4,6-11H2,1H3,(H,18,20). The minimum Gasteiger partial charge on any atom is -0.383 e. The Morgan fingerprint density at radius 3 is 2.83 bits per heavy atom. The van der Waals surface area contributed by atoms with Gasteiger partial charge >= 0.3 is 0 Å². The van der Waals surface area contributed by atoms with Gasteiger partial charge in [0.05, 0.1) is 19.8 Å². The molecule has 1 spiro atoms. The summed E-state index contributed by atoms with van der Waals surface area (Å²) in [5, 5.41) is 2.78. The van der Waals surface area contributed by atoms with Gasteiger partial charge in [-0.25, -0.2) is 0 Å². The molecule has 7 heteroatoms. The summed E-state index contributed by atoms with van der Waals surface area (Å²) >= 11 is 0. The van der Waals surface area contributed by atoms with Gasteiger partial charge in [0.25, 0.3) is 5.91 Å². The van der Waals surface area contributed by atoms with Crippen LogP contribution in [0.15, 0.2) is 18.3 Å². The number of nitrogens with one attached hydrogen (secondary N) is 1. The van der Waals surface area contributed by atoms with Crippen molar-refractivity contribution in [3.8, 4) is 0 Å². The van der Waals surface area contributed by atoms with Crippen LogP contribution in [0.1, 0.15) is 23.3 Å². The predicted molar refractivity (Wildman–Crippen MR) is 84.5 cm³/mol. The maximum atomic E-state index is 12.1. The maximum Gasteiger partial charge on any atom is 0.270 e. The van der Waals surface area contributed by atoms with E-state index in [0.717, 1.165) is 31.6 Å². The quantitative estimate of drug-likeness (QED) is 0.809. The second-order valence-corrected chi connectivity index (χ2v) is 5.74. The van der Waals surface area contributed by atoms with Crippen molar-refractivity contribution in [3.05, 3.63) is 24.0 Å². The highest BCUT2D eigenvalue weighted by Gasteiger charge is 2.39. The van der Waals surface area contributed by atoms with Crippen LogP contribution in [0.3, 0.4) is 0 Å². The van der Waals surface area contributed by atoms with E-state index in [9.17, 15) is 4.79 Å². The average Bonchev–Trinajstić information content (AvgIpc) is 3.04. The average molecular weight is 321 g/mol. The lowest BCUT2D eigenvalue weighted by atomic mass is 10.0. The molecule has 0 aromatic carbocycles. The van der Waals surface area contributed by atoms with Gasteiger partial charge in [0.1, 0.15) is 5.69 Å². The summed E-state index contributed by atoms with van der Waals surface area (Å²) in [6, 6.07) is 3.76. The largest absolute Gasteiger partial charge is 0.383 e. The van der Waals surface area contributed by atoms with Gasteiger partial charge in [-0.3, -0.25) is 9.78 Å². The van der Waals surface area contributed by atoms with E-state index in [1.807, 2.05) is 12.1 Å². The van der Waals surface area contributed by atoms with Crippen molar-refractivity contribution in [1.82, 2.24) is 10.3 Å². The Kier molecular flexibility index (Phi) is 5.09. The van der Waals surface area contributed by atoms with Crippen molar-refractivity contribution >= 4 is 11.6 Å². The normalized spacial score (nSPS) is 20.0. The number of piperidine rings is 1. The highest BCUT2D eigenvalue weighted by molar-refractivity contribution is 5.93. The van der Waals surface area contributed by atoms with Crippen LogP contribution < -0.4 is 10.2 Å². The van der Waals surface area contributed by atoms with Gasteiger partial charge in [-0.2, -0.15) is 0 Å². The highest BCUT2D eigenvalue weighted by atomic mass is 16.7. The lowest BCUT2D eigenvalue weighted by Crippen LogP contribution is -2.45. The Morgan fingerprint density at radius 2 is 2.13 bits per heavy atom. The van der Waals surface area contributed by atoms with E-state index in [1.54, 1.807) is 13.3 Å². The number of nitrogens with zero attached hydrogens (tertiary/aromatic N) is 2. The molecule has 2 fully saturated rings. The molecule has 2 saturated heterocycles. The molecule has 2 aliphatic heterocycles. The molecule has 0 atom stereocenters. The molecule has 0 saturated carbocycles. The van der Waals surface area contributed by atoms with E-state index in [-0.39, 0.29) is 11.7 Å². The number of anilines is 1. The molecule has 0 bridgehead atoms. The fraction of sp³-hybridized carbons (Fsp3) is 0.625. The van der Waals surface area contributed by atoms with Crippen LogP contribution in [0.25, 0.3) is 0 Å². The van der Waals surface area contributed by atoms with Crippen molar-refractivity contribution in [3.63, 3.8) is 0 Å². The van der Waals surface area contributed by atoms with Crippen LogP contribution in [0.5, 0.6) is 0 Å². The zero-order valence-corrected chi connectivity index (χ0v) is 13.4. The highest BCUT2D eigenvalue weighted by Crippen LogP contribution is 2.33. The molecule has 1 aromatic heterocycles. The Morgan fingerprint density at radius 1 is 1.39 bits per heavy atom. The SMILES string of the molecule is COCCNC(=O)c1cc(N2CCC3(CC2)OCCO3)ccn1. The van der Waals surface area contributed by atoms with Crippen LogP contribution in [0.2, 0.25) is 0 Å². The molecule has 3 heterocycles. The number of aromatic nitrogens is 1. The molecular weight excluding hydrogens is 298 g/mol. The van der Waals surface area contributed by atoms with Crippen molar-refractivity contribution in [2.24, 2.45) is 0 Å². The van der Waals surface area contributed by atoms with E-state index < -0.39 is 0 Å². The first-order chi connectivity index (χ1) is 11.2. The van der Waals surface area contributed by atoms with Crippen molar-refractivity contribution in [2.75, 3.05) is 51.5 Å². The van der Waals surface area contributed by atoms with E-state index in [0.29, 0.717) is 32.1 Å². The number of ether oxygens (including phenoxy) is 3. The first kappa shape index (κ1) is 16.2. The zero-order chi connectivity index (χ0) is 16.1. The summed E-state index contributed by atoms with van der Waals surface area (Å²) in [6.07, 6.45) is 3.35. The number of pyridine rings is 1. The van der Waals surface area contributed by atoms with E-state index >= 15 is 0 Å². The Labute approximate surface area is 135 Å². The summed E-state index contributed by atoms with van der Waals surface area (Å²) in [7, 11) is 1.60. The van der Waals surface area contributed by atoms with Crippen molar-refractivity contribution < 1.29 is 19.0 Å². The third-order valence-electron chi connectivity index (χ3n) is 4.27.